The first-order valence-corrected chi connectivity index (χ1v) is 6.16. The summed E-state index contributed by atoms with van der Waals surface area (Å²) in [6, 6.07) is 5.56. The molecule has 13 heavy (non-hydrogen) atoms. The number of nitrogens with zero attached hydrogens (tertiary/aromatic N) is 1. The molecule has 0 spiro atoms. The number of benzene rings is 1. The second-order valence-electron chi connectivity index (χ2n) is 2.98. The zero-order valence-corrected chi connectivity index (χ0v) is 12.8. The molecule has 0 fully saturated rings. The van der Waals surface area contributed by atoms with Crippen LogP contribution in [0.3, 0.4) is 0 Å². The Morgan fingerprint density at radius 3 is 1.62 bits per heavy atom. The van der Waals surface area contributed by atoms with Gasteiger partial charge in [0.2, 0.25) is 0 Å². The van der Waals surface area contributed by atoms with Crippen LogP contribution in [0, 0.1) is 0 Å². The molecular weight excluding hydrogens is 312 g/mol. The molecule has 0 aliphatic carbocycles. The fourth-order valence-electron chi connectivity index (χ4n) is 0.511. The quantitative estimate of drug-likeness (QED) is 0.657. The maximum absolute atomic E-state index is 5.76. The molecule has 0 bridgehead atoms. The summed E-state index contributed by atoms with van der Waals surface area (Å²) in [6.45, 7) is 0. The first kappa shape index (κ1) is 13.6. The van der Waals surface area contributed by atoms with E-state index in [1.54, 1.807) is 0 Å². The summed E-state index contributed by atoms with van der Waals surface area (Å²) in [7, 11) is 6.00. The standard InChI is InChI=1S/C6H3Cl2.C3H9N.Sn.H/c7-5-2-1-3-6(8)4-5;1-4(2)3;;/h1-3H;1-3H3;;. The van der Waals surface area contributed by atoms with E-state index in [2.05, 4.69) is 0 Å². The van der Waals surface area contributed by atoms with Gasteiger partial charge in [0, 0.05) is 0 Å². The second kappa shape index (κ2) is 6.93. The molecule has 0 atom stereocenters. The van der Waals surface area contributed by atoms with Crippen molar-refractivity contribution in [1.29, 1.82) is 0 Å². The summed E-state index contributed by atoms with van der Waals surface area (Å²) in [5, 5.41) is 1.56. The van der Waals surface area contributed by atoms with Crippen molar-refractivity contribution in [3.05, 3.63) is 28.2 Å². The van der Waals surface area contributed by atoms with Gasteiger partial charge in [-0.3, -0.25) is 0 Å². The van der Waals surface area contributed by atoms with Gasteiger partial charge in [0.1, 0.15) is 0 Å². The fourth-order valence-corrected chi connectivity index (χ4v) is 1.46. The van der Waals surface area contributed by atoms with Gasteiger partial charge in [-0.05, 0) is 21.1 Å². The summed E-state index contributed by atoms with van der Waals surface area (Å²) >= 11 is 12.5. The molecule has 0 aliphatic heterocycles. The minimum atomic E-state index is 0.782. The van der Waals surface area contributed by atoms with Crippen LogP contribution in [0.2, 0.25) is 10.0 Å². The molecule has 1 aromatic rings. The molecule has 0 N–H and O–H groups in total. The average Bonchev–Trinajstić information content (AvgIpc) is 1.99. The SMILES string of the molecule is CN(C)C.Clc1cccc(Cl)[c]1[SnH]. The van der Waals surface area contributed by atoms with Crippen LogP contribution in [-0.4, -0.2) is 48.6 Å². The van der Waals surface area contributed by atoms with Gasteiger partial charge in [-0.1, -0.05) is 0 Å². The Balaban J connectivity index is 0.000000310. The van der Waals surface area contributed by atoms with Crippen molar-refractivity contribution in [1.82, 2.24) is 4.90 Å². The van der Waals surface area contributed by atoms with Gasteiger partial charge in [0.05, 0.1) is 0 Å². The van der Waals surface area contributed by atoms with Crippen molar-refractivity contribution in [2.24, 2.45) is 0 Å². The Hall–Kier alpha value is 0.559. The van der Waals surface area contributed by atoms with Crippen LogP contribution in [-0.2, 0) is 0 Å². The minimum absolute atomic E-state index is 0.782. The van der Waals surface area contributed by atoms with Gasteiger partial charge in [-0.2, -0.15) is 0 Å². The van der Waals surface area contributed by atoms with E-state index in [4.69, 9.17) is 23.2 Å². The first-order chi connectivity index (χ1) is 5.95. The third-order valence-electron chi connectivity index (χ3n) is 1.000. The normalized spacial score (nSPS) is 9.46. The third-order valence-corrected chi connectivity index (χ3v) is 4.48. The Morgan fingerprint density at radius 1 is 1.08 bits per heavy atom. The van der Waals surface area contributed by atoms with E-state index in [9.17, 15) is 0 Å². The molecule has 0 heterocycles. The number of hydrogen-bond acceptors (Lipinski definition) is 1. The molecule has 0 unspecified atom stereocenters. The van der Waals surface area contributed by atoms with Gasteiger partial charge in [-0.15, -0.1) is 0 Å². The average molecular weight is 325 g/mol. The third kappa shape index (κ3) is 6.61. The van der Waals surface area contributed by atoms with Crippen LogP contribution in [0.5, 0.6) is 0 Å². The predicted octanol–water partition coefficient (Wildman–Crippen LogP) is 1.70. The zero-order chi connectivity index (χ0) is 10.4. The fraction of sp³-hybridized carbons (Fsp3) is 0.333. The van der Waals surface area contributed by atoms with Crippen molar-refractivity contribution in [2.75, 3.05) is 21.1 Å². The molecule has 0 aromatic heterocycles. The van der Waals surface area contributed by atoms with Gasteiger partial charge in [0.25, 0.3) is 0 Å². The van der Waals surface area contributed by atoms with Crippen LogP contribution in [0.15, 0.2) is 18.2 Å². The van der Waals surface area contributed by atoms with Crippen LogP contribution in [0.25, 0.3) is 0 Å². The monoisotopic (exact) mass is 325 g/mol. The second-order valence-corrected chi connectivity index (χ2v) is 5.44. The molecule has 0 aliphatic rings. The van der Waals surface area contributed by atoms with Crippen LogP contribution in [0.1, 0.15) is 0 Å². The van der Waals surface area contributed by atoms with Crippen LogP contribution >= 0.6 is 23.2 Å². The topological polar surface area (TPSA) is 3.24 Å². The molecule has 72 valence electrons. The zero-order valence-electron chi connectivity index (χ0n) is 8.01. The molecule has 2 radical (unpaired) electrons. The van der Waals surface area contributed by atoms with E-state index < -0.39 is 0 Å². The summed E-state index contributed by atoms with van der Waals surface area (Å²) in [5.41, 5.74) is 0. The van der Waals surface area contributed by atoms with E-state index in [0.29, 0.717) is 0 Å². The van der Waals surface area contributed by atoms with Crippen molar-refractivity contribution in [3.8, 4) is 0 Å². The van der Waals surface area contributed by atoms with E-state index in [0.717, 1.165) is 36.1 Å². The van der Waals surface area contributed by atoms with Gasteiger partial charge in [-0.25, -0.2) is 0 Å². The summed E-state index contributed by atoms with van der Waals surface area (Å²) < 4.78 is 1.08. The Kier molecular flexibility index (Phi) is 7.23. The van der Waals surface area contributed by atoms with Gasteiger partial charge in [0.15, 0.2) is 0 Å². The van der Waals surface area contributed by atoms with E-state index in [1.165, 1.54) is 0 Å². The Morgan fingerprint density at radius 2 is 1.38 bits per heavy atom. The molecule has 1 aromatic carbocycles. The molecule has 4 heteroatoms. The summed E-state index contributed by atoms with van der Waals surface area (Å²) in [6.07, 6.45) is 0. The van der Waals surface area contributed by atoms with Crippen molar-refractivity contribution >= 4 is 49.3 Å². The van der Waals surface area contributed by atoms with Gasteiger partial charge >= 0.3 is 77.6 Å². The molecule has 0 amide bonds. The first-order valence-electron chi connectivity index (χ1n) is 3.75. The summed E-state index contributed by atoms with van der Waals surface area (Å²) in [4.78, 5) is 2.00. The Bertz CT molecular complexity index is 241. The van der Waals surface area contributed by atoms with Crippen LogP contribution < -0.4 is 3.58 Å². The van der Waals surface area contributed by atoms with E-state index in [-0.39, 0.29) is 0 Å². The maximum atomic E-state index is 5.76. The number of hydrogen-bond donors (Lipinski definition) is 0. The van der Waals surface area contributed by atoms with Crippen molar-refractivity contribution < 1.29 is 0 Å². The predicted molar refractivity (Wildman–Crippen MR) is 62.9 cm³/mol. The molecule has 1 nitrogen and oxygen atoms in total. The number of rotatable bonds is 0. The number of halogens is 2. The molecular formula is C9H13Cl2NSn. The van der Waals surface area contributed by atoms with E-state index in [1.807, 2.05) is 44.2 Å². The van der Waals surface area contributed by atoms with E-state index >= 15 is 0 Å². The van der Waals surface area contributed by atoms with Gasteiger partial charge < -0.3 is 4.90 Å². The Labute approximate surface area is 103 Å². The molecule has 0 saturated carbocycles. The summed E-state index contributed by atoms with van der Waals surface area (Å²) in [5.74, 6) is 0. The molecule has 1 rings (SSSR count). The van der Waals surface area contributed by atoms with Crippen molar-refractivity contribution in [3.63, 3.8) is 0 Å². The molecule has 0 saturated heterocycles. The van der Waals surface area contributed by atoms with Crippen molar-refractivity contribution in [2.45, 2.75) is 0 Å². The van der Waals surface area contributed by atoms with Crippen LogP contribution in [0.4, 0.5) is 0 Å².